The highest BCUT2D eigenvalue weighted by atomic mass is 32.2. The van der Waals surface area contributed by atoms with E-state index in [1.165, 1.54) is 75.3 Å². The van der Waals surface area contributed by atoms with E-state index >= 15 is 0 Å². The molecule has 0 unspecified atom stereocenters. The molecule has 0 spiro atoms. The predicted molar refractivity (Wildman–Crippen MR) is 121 cm³/mol. The van der Waals surface area contributed by atoms with Gasteiger partial charge in [-0.25, -0.2) is 0 Å². The van der Waals surface area contributed by atoms with Crippen LogP contribution in [0.3, 0.4) is 0 Å². The zero-order chi connectivity index (χ0) is 19.3. The van der Waals surface area contributed by atoms with E-state index in [0.717, 1.165) is 30.2 Å². The summed E-state index contributed by atoms with van der Waals surface area (Å²) >= 11 is 3.65. The lowest BCUT2D eigenvalue weighted by molar-refractivity contribution is -0.116. The van der Waals surface area contributed by atoms with E-state index in [9.17, 15) is 4.79 Å². The second-order valence-corrected chi connectivity index (χ2v) is 10.3. The molecule has 0 aromatic carbocycles. The maximum absolute atomic E-state index is 12.6. The van der Waals surface area contributed by atoms with Crippen molar-refractivity contribution in [3.05, 3.63) is 25.8 Å². The Morgan fingerprint density at radius 1 is 1.07 bits per heavy atom. The van der Waals surface area contributed by atoms with Gasteiger partial charge in [-0.1, -0.05) is 6.92 Å². The lowest BCUT2D eigenvalue weighted by Gasteiger charge is -2.34. The second-order valence-electron chi connectivity index (χ2n) is 8.14. The third-order valence-electron chi connectivity index (χ3n) is 6.11. The van der Waals surface area contributed by atoms with Gasteiger partial charge in [0.25, 0.3) is 5.91 Å². The standard InChI is InChI=1S/C22H33N3OS2/c1-2-9-24-11-13-25(14-12-24)10-5-8-23-22(26)21-15-20-18(16-27-21)17-6-3-4-7-19(17)28-20/h15H,2-14,16H2,1H3,(H,23,26). The van der Waals surface area contributed by atoms with Crippen molar-refractivity contribution < 1.29 is 4.79 Å². The first-order valence-electron chi connectivity index (χ1n) is 11.0. The van der Waals surface area contributed by atoms with Crippen molar-refractivity contribution in [3.63, 3.8) is 0 Å². The number of aryl methyl sites for hydroxylation is 1. The van der Waals surface area contributed by atoms with Gasteiger partial charge in [0.2, 0.25) is 0 Å². The molecule has 4 nitrogen and oxygen atoms in total. The number of piperazine rings is 1. The molecule has 1 N–H and O–H groups in total. The van der Waals surface area contributed by atoms with Gasteiger partial charge >= 0.3 is 0 Å². The highest BCUT2D eigenvalue weighted by Crippen LogP contribution is 2.42. The molecule has 28 heavy (non-hydrogen) atoms. The van der Waals surface area contributed by atoms with Crippen molar-refractivity contribution in [1.82, 2.24) is 15.1 Å². The van der Waals surface area contributed by atoms with Gasteiger partial charge in [-0.05, 0) is 68.8 Å². The van der Waals surface area contributed by atoms with Crippen LogP contribution in [0.1, 0.15) is 53.5 Å². The Morgan fingerprint density at radius 2 is 1.82 bits per heavy atom. The maximum Gasteiger partial charge on any atom is 0.257 e. The normalized spacial score (nSPS) is 20.4. The average molecular weight is 420 g/mol. The number of nitrogens with zero attached hydrogens (tertiary/aromatic N) is 2. The van der Waals surface area contributed by atoms with Crippen molar-refractivity contribution in [2.45, 2.75) is 51.2 Å². The number of thiophene rings is 1. The largest absolute Gasteiger partial charge is 0.352 e. The molecule has 0 bridgehead atoms. The summed E-state index contributed by atoms with van der Waals surface area (Å²) in [5.41, 5.74) is 3.12. The number of carbonyl (C=O) groups excluding carboxylic acids is 1. The van der Waals surface area contributed by atoms with Gasteiger partial charge in [0, 0.05) is 48.2 Å². The lowest BCUT2D eigenvalue weighted by Crippen LogP contribution is -2.47. The number of carbonyl (C=O) groups is 1. The summed E-state index contributed by atoms with van der Waals surface area (Å²) in [4.78, 5) is 21.5. The minimum Gasteiger partial charge on any atom is -0.352 e. The molecule has 0 atom stereocenters. The zero-order valence-corrected chi connectivity index (χ0v) is 18.7. The molecule has 6 heteroatoms. The molecule has 1 saturated heterocycles. The molecular formula is C22H33N3OS2. The van der Waals surface area contributed by atoms with Crippen molar-refractivity contribution in [2.75, 3.05) is 45.8 Å². The van der Waals surface area contributed by atoms with Gasteiger partial charge in [-0.2, -0.15) is 0 Å². The summed E-state index contributed by atoms with van der Waals surface area (Å²) in [6.45, 7) is 10.1. The Hall–Kier alpha value is -0.820. The van der Waals surface area contributed by atoms with Gasteiger partial charge in [0.05, 0.1) is 4.91 Å². The fraction of sp³-hybridized carbons (Fsp3) is 0.682. The average Bonchev–Trinajstić information content (AvgIpc) is 3.10. The predicted octanol–water partition coefficient (Wildman–Crippen LogP) is 3.75. The van der Waals surface area contributed by atoms with Crippen molar-refractivity contribution >= 4 is 35.1 Å². The van der Waals surface area contributed by atoms with E-state index in [-0.39, 0.29) is 5.91 Å². The highest BCUT2D eigenvalue weighted by molar-refractivity contribution is 8.03. The first kappa shape index (κ1) is 20.5. The van der Waals surface area contributed by atoms with Crippen LogP contribution in [-0.2, 0) is 23.4 Å². The quantitative estimate of drug-likeness (QED) is 0.683. The summed E-state index contributed by atoms with van der Waals surface area (Å²) < 4.78 is 0. The zero-order valence-electron chi connectivity index (χ0n) is 17.1. The van der Waals surface area contributed by atoms with Crippen LogP contribution < -0.4 is 5.32 Å². The SMILES string of the molecule is CCCN1CCN(CCCNC(=O)C2=Cc3sc4c(c3CS2)CCCC4)CC1. The first-order valence-corrected chi connectivity index (χ1v) is 12.8. The second kappa shape index (κ2) is 9.79. The van der Waals surface area contributed by atoms with Crippen LogP contribution in [0.2, 0.25) is 0 Å². The van der Waals surface area contributed by atoms with Gasteiger partial charge in [-0.15, -0.1) is 23.1 Å². The third-order valence-corrected chi connectivity index (χ3v) is 8.44. The van der Waals surface area contributed by atoms with E-state index in [1.807, 2.05) is 11.3 Å². The van der Waals surface area contributed by atoms with Gasteiger partial charge in [0.1, 0.15) is 0 Å². The topological polar surface area (TPSA) is 35.6 Å². The molecule has 1 fully saturated rings. The molecule has 4 rings (SSSR count). The number of nitrogens with one attached hydrogen (secondary N) is 1. The number of amides is 1. The smallest absolute Gasteiger partial charge is 0.257 e. The Labute approximate surface area is 177 Å². The first-order chi connectivity index (χ1) is 13.7. The molecule has 154 valence electrons. The minimum atomic E-state index is 0.120. The molecule has 3 heterocycles. The summed E-state index contributed by atoms with van der Waals surface area (Å²) in [6, 6.07) is 0. The van der Waals surface area contributed by atoms with Gasteiger partial charge in [0.15, 0.2) is 0 Å². The van der Waals surface area contributed by atoms with E-state index in [4.69, 9.17) is 0 Å². The van der Waals surface area contributed by atoms with Crippen LogP contribution >= 0.6 is 23.1 Å². The van der Waals surface area contributed by atoms with Crippen LogP contribution in [0.4, 0.5) is 0 Å². The van der Waals surface area contributed by atoms with Crippen molar-refractivity contribution in [3.8, 4) is 0 Å². The van der Waals surface area contributed by atoms with Crippen LogP contribution in [0.15, 0.2) is 4.91 Å². The van der Waals surface area contributed by atoms with Gasteiger partial charge in [-0.3, -0.25) is 4.79 Å². The van der Waals surface area contributed by atoms with Gasteiger partial charge < -0.3 is 15.1 Å². The van der Waals surface area contributed by atoms with Crippen LogP contribution in [0.5, 0.6) is 0 Å². The monoisotopic (exact) mass is 419 g/mol. The Morgan fingerprint density at radius 3 is 2.61 bits per heavy atom. The van der Waals surface area contributed by atoms with Crippen molar-refractivity contribution in [2.24, 2.45) is 0 Å². The number of thioether (sulfide) groups is 1. The van der Waals surface area contributed by atoms with E-state index in [1.54, 1.807) is 22.2 Å². The molecule has 0 radical (unpaired) electrons. The molecule has 3 aliphatic rings. The molecule has 1 amide bonds. The summed E-state index contributed by atoms with van der Waals surface area (Å²) in [5.74, 6) is 1.09. The number of rotatable bonds is 7. The Bertz CT molecular complexity index is 720. The van der Waals surface area contributed by atoms with E-state index < -0.39 is 0 Å². The summed E-state index contributed by atoms with van der Waals surface area (Å²) in [7, 11) is 0. The van der Waals surface area contributed by atoms with Crippen LogP contribution in [0, 0.1) is 0 Å². The summed E-state index contributed by atoms with van der Waals surface area (Å²) in [5, 5.41) is 3.15. The third kappa shape index (κ3) is 4.84. The number of fused-ring (bicyclic) bond motifs is 3. The molecule has 2 aliphatic heterocycles. The number of hydrogen-bond donors (Lipinski definition) is 1. The lowest BCUT2D eigenvalue weighted by atomic mass is 9.95. The minimum absolute atomic E-state index is 0.120. The molecule has 1 aliphatic carbocycles. The fourth-order valence-corrected chi connectivity index (χ4v) is 7.07. The van der Waals surface area contributed by atoms with Crippen LogP contribution in [0.25, 0.3) is 6.08 Å². The highest BCUT2D eigenvalue weighted by Gasteiger charge is 2.25. The van der Waals surface area contributed by atoms with Crippen LogP contribution in [-0.4, -0.2) is 61.5 Å². The molecule has 0 saturated carbocycles. The molecule has 1 aromatic rings. The number of hydrogen-bond acceptors (Lipinski definition) is 5. The maximum atomic E-state index is 12.6. The molecular weight excluding hydrogens is 386 g/mol. The van der Waals surface area contributed by atoms with E-state index in [2.05, 4.69) is 28.1 Å². The fourth-order valence-electron chi connectivity index (χ4n) is 4.51. The summed E-state index contributed by atoms with van der Waals surface area (Å²) in [6.07, 6.45) is 9.56. The Balaban J connectivity index is 1.21. The van der Waals surface area contributed by atoms with E-state index in [0.29, 0.717) is 0 Å². The molecule has 1 aromatic heterocycles. The van der Waals surface area contributed by atoms with Crippen molar-refractivity contribution in [1.29, 1.82) is 0 Å². The Kier molecular flexibility index (Phi) is 7.15.